The molecule has 0 amide bonds. The molecule has 0 N–H and O–H groups in total. The largest absolute Gasteiger partial charge is 0.494 e. The van der Waals surface area contributed by atoms with Crippen molar-refractivity contribution in [3.8, 4) is 39.5 Å². The van der Waals surface area contributed by atoms with E-state index in [1.807, 2.05) is 6.92 Å². The SMILES string of the molecule is CCCCOc1ccc(-c2ccc(-c3ccc(OCc4ccc(OCCCC)c(F)c4F)cc3)c(F)c2F)cc1. The third kappa shape index (κ3) is 6.95. The van der Waals surface area contributed by atoms with Gasteiger partial charge >= 0.3 is 0 Å². The quantitative estimate of drug-likeness (QED) is 0.122. The minimum Gasteiger partial charge on any atom is -0.494 e. The van der Waals surface area contributed by atoms with E-state index in [1.54, 1.807) is 48.5 Å². The van der Waals surface area contributed by atoms with E-state index >= 15 is 8.78 Å². The van der Waals surface area contributed by atoms with E-state index in [4.69, 9.17) is 14.2 Å². The molecule has 0 aliphatic carbocycles. The van der Waals surface area contributed by atoms with Gasteiger partial charge in [-0.1, -0.05) is 63.1 Å². The van der Waals surface area contributed by atoms with E-state index in [1.165, 1.54) is 24.3 Å². The molecule has 4 aromatic carbocycles. The molecule has 210 valence electrons. The number of halogens is 4. The van der Waals surface area contributed by atoms with Crippen LogP contribution in [0.25, 0.3) is 22.3 Å². The zero-order valence-electron chi connectivity index (χ0n) is 22.6. The Labute approximate surface area is 232 Å². The van der Waals surface area contributed by atoms with Crippen LogP contribution >= 0.6 is 0 Å². The Morgan fingerprint density at radius 1 is 0.500 bits per heavy atom. The third-order valence-electron chi connectivity index (χ3n) is 6.46. The van der Waals surface area contributed by atoms with Gasteiger partial charge in [0.2, 0.25) is 5.82 Å². The molecule has 0 fully saturated rings. The fourth-order valence-corrected chi connectivity index (χ4v) is 4.07. The van der Waals surface area contributed by atoms with Crippen molar-refractivity contribution in [2.45, 2.75) is 46.1 Å². The summed E-state index contributed by atoms with van der Waals surface area (Å²) in [6.45, 7) is 4.76. The monoisotopic (exact) mass is 552 g/mol. The zero-order chi connectivity index (χ0) is 28.5. The van der Waals surface area contributed by atoms with Gasteiger partial charge in [-0.05, 0) is 60.4 Å². The molecule has 40 heavy (non-hydrogen) atoms. The van der Waals surface area contributed by atoms with Gasteiger partial charge in [0.1, 0.15) is 18.1 Å². The van der Waals surface area contributed by atoms with Gasteiger partial charge in [-0.15, -0.1) is 0 Å². The summed E-state index contributed by atoms with van der Waals surface area (Å²) in [4.78, 5) is 0. The fraction of sp³-hybridized carbons (Fsp3) is 0.273. The Kier molecular flexibility index (Phi) is 10.1. The lowest BCUT2D eigenvalue weighted by Crippen LogP contribution is -2.04. The maximum atomic E-state index is 15.1. The van der Waals surface area contributed by atoms with Crippen LogP contribution in [0.15, 0.2) is 72.8 Å². The highest BCUT2D eigenvalue weighted by Crippen LogP contribution is 2.33. The van der Waals surface area contributed by atoms with Crippen LogP contribution in [-0.2, 0) is 6.61 Å². The molecule has 0 heterocycles. The van der Waals surface area contributed by atoms with E-state index < -0.39 is 23.3 Å². The molecule has 4 rings (SSSR count). The predicted molar refractivity (Wildman–Crippen MR) is 149 cm³/mol. The second-order valence-corrected chi connectivity index (χ2v) is 9.38. The predicted octanol–water partition coefficient (Wildman–Crippen LogP) is 9.51. The lowest BCUT2D eigenvalue weighted by Gasteiger charge is -2.12. The van der Waals surface area contributed by atoms with Crippen molar-refractivity contribution in [3.63, 3.8) is 0 Å². The summed E-state index contributed by atoms with van der Waals surface area (Å²) in [5.74, 6) is -3.08. The summed E-state index contributed by atoms with van der Waals surface area (Å²) in [6, 6.07) is 19.0. The summed E-state index contributed by atoms with van der Waals surface area (Å²) in [5.41, 5.74) is 1.27. The zero-order valence-corrected chi connectivity index (χ0v) is 22.6. The minimum atomic E-state index is -1.05. The Morgan fingerprint density at radius 2 is 1.00 bits per heavy atom. The minimum absolute atomic E-state index is 0.0358. The topological polar surface area (TPSA) is 27.7 Å². The van der Waals surface area contributed by atoms with Crippen LogP contribution in [0.1, 0.15) is 45.1 Å². The second-order valence-electron chi connectivity index (χ2n) is 9.38. The van der Waals surface area contributed by atoms with Crippen molar-refractivity contribution in [1.29, 1.82) is 0 Å². The molecule has 7 heteroatoms. The van der Waals surface area contributed by atoms with Gasteiger partial charge in [-0.3, -0.25) is 0 Å². The fourth-order valence-electron chi connectivity index (χ4n) is 4.07. The van der Waals surface area contributed by atoms with Gasteiger partial charge in [-0.25, -0.2) is 13.2 Å². The molecule has 0 saturated carbocycles. The summed E-state index contributed by atoms with van der Waals surface area (Å²) >= 11 is 0. The molecule has 0 bridgehead atoms. The summed E-state index contributed by atoms with van der Waals surface area (Å²) in [5, 5.41) is 0. The number of hydrogen-bond acceptors (Lipinski definition) is 3. The Bertz CT molecular complexity index is 1400. The molecule has 4 aromatic rings. The van der Waals surface area contributed by atoms with Crippen LogP contribution < -0.4 is 14.2 Å². The van der Waals surface area contributed by atoms with Gasteiger partial charge in [0.05, 0.1) is 13.2 Å². The van der Waals surface area contributed by atoms with Crippen LogP contribution in [-0.4, -0.2) is 13.2 Å². The van der Waals surface area contributed by atoms with Crippen LogP contribution in [0, 0.1) is 23.3 Å². The van der Waals surface area contributed by atoms with Crippen molar-refractivity contribution in [2.75, 3.05) is 13.2 Å². The first-order chi connectivity index (χ1) is 19.4. The van der Waals surface area contributed by atoms with E-state index in [0.29, 0.717) is 35.8 Å². The average molecular weight is 553 g/mol. The van der Waals surface area contributed by atoms with Gasteiger partial charge in [0, 0.05) is 16.7 Å². The molecule has 0 aliphatic heterocycles. The average Bonchev–Trinajstić information content (AvgIpc) is 2.97. The molecule has 3 nitrogen and oxygen atoms in total. The van der Waals surface area contributed by atoms with Crippen LogP contribution in [0.4, 0.5) is 17.6 Å². The molecular formula is C33H32F4O3. The molecule has 0 aliphatic rings. The van der Waals surface area contributed by atoms with Crippen LogP contribution in [0.2, 0.25) is 0 Å². The molecular weight excluding hydrogens is 520 g/mol. The highest BCUT2D eigenvalue weighted by Gasteiger charge is 2.17. The first-order valence-electron chi connectivity index (χ1n) is 13.5. The second kappa shape index (κ2) is 13.9. The van der Waals surface area contributed by atoms with E-state index in [0.717, 1.165) is 25.7 Å². The van der Waals surface area contributed by atoms with Crippen molar-refractivity contribution < 1.29 is 31.8 Å². The Balaban J connectivity index is 1.42. The van der Waals surface area contributed by atoms with Crippen molar-refractivity contribution >= 4 is 0 Å². The Hall–Kier alpha value is -4.00. The highest BCUT2D eigenvalue weighted by atomic mass is 19.2. The van der Waals surface area contributed by atoms with Crippen molar-refractivity contribution in [1.82, 2.24) is 0 Å². The lowest BCUT2D eigenvalue weighted by atomic mass is 9.98. The lowest BCUT2D eigenvalue weighted by molar-refractivity contribution is 0.279. The van der Waals surface area contributed by atoms with Gasteiger partial charge in [-0.2, -0.15) is 4.39 Å². The Morgan fingerprint density at radius 3 is 1.52 bits per heavy atom. The standard InChI is InChI=1S/C33H32F4O3/c1-3-5-19-38-25-12-7-22(8-13-25)27-16-17-28(32(36)31(27)35)23-9-14-26(15-10-23)40-21-24-11-18-29(33(37)30(24)34)39-20-6-4-2/h7-18H,3-6,19-21H2,1-2H3. The van der Waals surface area contributed by atoms with Crippen LogP contribution in [0.5, 0.6) is 17.2 Å². The first kappa shape index (κ1) is 29.0. The van der Waals surface area contributed by atoms with Crippen LogP contribution in [0.3, 0.4) is 0 Å². The van der Waals surface area contributed by atoms with Crippen molar-refractivity contribution in [2.24, 2.45) is 0 Å². The normalized spacial score (nSPS) is 10.9. The van der Waals surface area contributed by atoms with Crippen molar-refractivity contribution in [3.05, 3.63) is 102 Å². The summed E-state index contributed by atoms with van der Waals surface area (Å²) < 4.78 is 75.4. The van der Waals surface area contributed by atoms with E-state index in [9.17, 15) is 8.78 Å². The molecule has 0 aromatic heterocycles. The molecule has 0 unspecified atom stereocenters. The van der Waals surface area contributed by atoms with Gasteiger partial charge < -0.3 is 14.2 Å². The number of rotatable bonds is 13. The maximum absolute atomic E-state index is 15.1. The highest BCUT2D eigenvalue weighted by molar-refractivity contribution is 5.72. The smallest absolute Gasteiger partial charge is 0.201 e. The molecule has 0 spiro atoms. The first-order valence-corrected chi connectivity index (χ1v) is 13.5. The molecule has 0 atom stereocenters. The number of benzene rings is 4. The summed E-state index contributed by atoms with van der Waals surface area (Å²) in [7, 11) is 0. The molecule has 0 radical (unpaired) electrons. The number of unbranched alkanes of at least 4 members (excludes halogenated alkanes) is 2. The van der Waals surface area contributed by atoms with E-state index in [2.05, 4.69) is 6.92 Å². The maximum Gasteiger partial charge on any atom is 0.201 e. The van der Waals surface area contributed by atoms with Gasteiger partial charge in [0.25, 0.3) is 0 Å². The van der Waals surface area contributed by atoms with Gasteiger partial charge in [0.15, 0.2) is 23.2 Å². The number of hydrogen-bond donors (Lipinski definition) is 0. The molecule has 0 saturated heterocycles. The number of ether oxygens (including phenoxy) is 3. The van der Waals surface area contributed by atoms with E-state index in [-0.39, 0.29) is 29.0 Å². The third-order valence-corrected chi connectivity index (χ3v) is 6.46. The summed E-state index contributed by atoms with van der Waals surface area (Å²) in [6.07, 6.45) is 3.59.